The summed E-state index contributed by atoms with van der Waals surface area (Å²) in [5.41, 5.74) is 1.61. The van der Waals surface area contributed by atoms with E-state index >= 15 is 0 Å². The number of aromatic nitrogens is 2. The lowest BCUT2D eigenvalue weighted by molar-refractivity contribution is -0.385. The molecule has 3 aromatic rings. The standard InChI is InChI=1S/C24H26N4O5/c1-15(2)13-32-24(29)18-5-9-19(10-6-18)27-22-21(28(30)31)23(26-14-25-22)33-20-11-7-17(8-12-20)16(3)4/h5-12,14-16H,13H2,1-4H3,(H,25,26,27). The van der Waals surface area contributed by atoms with Crippen LogP contribution in [0.25, 0.3) is 0 Å². The molecular formula is C24H26N4O5. The molecule has 0 bridgehead atoms. The zero-order valence-electron chi connectivity index (χ0n) is 18.9. The highest BCUT2D eigenvalue weighted by Crippen LogP contribution is 2.35. The van der Waals surface area contributed by atoms with Crippen LogP contribution in [0.1, 0.15) is 49.5 Å². The van der Waals surface area contributed by atoms with Crippen molar-refractivity contribution in [2.24, 2.45) is 5.92 Å². The summed E-state index contributed by atoms with van der Waals surface area (Å²) >= 11 is 0. The van der Waals surface area contributed by atoms with Crippen LogP contribution in [0.3, 0.4) is 0 Å². The number of ether oxygens (including phenoxy) is 2. The highest BCUT2D eigenvalue weighted by atomic mass is 16.6. The SMILES string of the molecule is CC(C)COC(=O)c1ccc(Nc2ncnc(Oc3ccc(C(C)C)cc3)c2[N+](=O)[O-])cc1. The average molecular weight is 450 g/mol. The van der Waals surface area contributed by atoms with Gasteiger partial charge in [0.15, 0.2) is 0 Å². The second-order valence-corrected chi connectivity index (χ2v) is 8.15. The Labute approximate surface area is 191 Å². The minimum Gasteiger partial charge on any atom is -0.462 e. The smallest absolute Gasteiger partial charge is 0.373 e. The number of benzene rings is 2. The molecular weight excluding hydrogens is 424 g/mol. The van der Waals surface area contributed by atoms with Crippen LogP contribution in [-0.4, -0.2) is 27.5 Å². The molecule has 0 saturated heterocycles. The van der Waals surface area contributed by atoms with E-state index in [4.69, 9.17) is 9.47 Å². The molecule has 0 saturated carbocycles. The van der Waals surface area contributed by atoms with Crippen LogP contribution in [-0.2, 0) is 4.74 Å². The summed E-state index contributed by atoms with van der Waals surface area (Å²) in [6.45, 7) is 8.38. The van der Waals surface area contributed by atoms with Gasteiger partial charge in [-0.25, -0.2) is 9.78 Å². The fourth-order valence-electron chi connectivity index (χ4n) is 2.88. The zero-order valence-corrected chi connectivity index (χ0v) is 18.9. The van der Waals surface area contributed by atoms with Crippen molar-refractivity contribution in [1.29, 1.82) is 0 Å². The van der Waals surface area contributed by atoms with E-state index in [0.29, 0.717) is 29.5 Å². The van der Waals surface area contributed by atoms with Gasteiger partial charge in [0.25, 0.3) is 0 Å². The van der Waals surface area contributed by atoms with Crippen molar-refractivity contribution < 1.29 is 19.2 Å². The van der Waals surface area contributed by atoms with Gasteiger partial charge < -0.3 is 14.8 Å². The van der Waals surface area contributed by atoms with Gasteiger partial charge in [-0.05, 0) is 53.8 Å². The lowest BCUT2D eigenvalue weighted by Crippen LogP contribution is -2.10. The van der Waals surface area contributed by atoms with Gasteiger partial charge in [-0.2, -0.15) is 4.98 Å². The third-order valence-electron chi connectivity index (χ3n) is 4.66. The number of anilines is 2. The molecule has 0 atom stereocenters. The molecule has 9 nitrogen and oxygen atoms in total. The first-order valence-electron chi connectivity index (χ1n) is 10.6. The van der Waals surface area contributed by atoms with E-state index in [9.17, 15) is 14.9 Å². The fraction of sp³-hybridized carbons (Fsp3) is 0.292. The van der Waals surface area contributed by atoms with Gasteiger partial charge in [0, 0.05) is 5.69 Å². The summed E-state index contributed by atoms with van der Waals surface area (Å²) in [5, 5.41) is 14.7. The molecule has 1 heterocycles. The second kappa shape index (κ2) is 10.5. The largest absolute Gasteiger partial charge is 0.462 e. The number of nitro groups is 1. The van der Waals surface area contributed by atoms with Gasteiger partial charge in [0.1, 0.15) is 12.1 Å². The molecule has 3 rings (SSSR count). The number of hydrogen-bond donors (Lipinski definition) is 1. The van der Waals surface area contributed by atoms with Crippen molar-refractivity contribution in [3.8, 4) is 11.6 Å². The van der Waals surface area contributed by atoms with Gasteiger partial charge >= 0.3 is 17.5 Å². The van der Waals surface area contributed by atoms with E-state index in [0.717, 1.165) is 5.56 Å². The number of nitrogens with one attached hydrogen (secondary N) is 1. The normalized spacial score (nSPS) is 10.8. The van der Waals surface area contributed by atoms with Crippen LogP contribution in [0.4, 0.5) is 17.2 Å². The van der Waals surface area contributed by atoms with E-state index in [1.165, 1.54) is 6.33 Å². The van der Waals surface area contributed by atoms with Gasteiger partial charge in [-0.1, -0.05) is 39.8 Å². The summed E-state index contributed by atoms with van der Waals surface area (Å²) in [6.07, 6.45) is 1.19. The Hall–Kier alpha value is -4.01. The minimum absolute atomic E-state index is 0.0288. The molecule has 0 spiro atoms. The predicted octanol–water partition coefficient (Wildman–Crippen LogP) is 5.86. The minimum atomic E-state index is -0.599. The van der Waals surface area contributed by atoms with Crippen molar-refractivity contribution >= 4 is 23.2 Å². The van der Waals surface area contributed by atoms with Crippen LogP contribution in [0.2, 0.25) is 0 Å². The van der Waals surface area contributed by atoms with Crippen LogP contribution < -0.4 is 10.1 Å². The average Bonchev–Trinajstić information content (AvgIpc) is 2.78. The maximum Gasteiger partial charge on any atom is 0.373 e. The third kappa shape index (κ3) is 6.25. The van der Waals surface area contributed by atoms with E-state index in [1.54, 1.807) is 36.4 Å². The molecule has 0 aliphatic rings. The molecule has 0 aliphatic carbocycles. The first kappa shape index (κ1) is 23.6. The summed E-state index contributed by atoms with van der Waals surface area (Å²) in [4.78, 5) is 31.2. The van der Waals surface area contributed by atoms with E-state index in [2.05, 4.69) is 29.1 Å². The second-order valence-electron chi connectivity index (χ2n) is 8.15. The summed E-state index contributed by atoms with van der Waals surface area (Å²) < 4.78 is 10.9. The van der Waals surface area contributed by atoms with Crippen molar-refractivity contribution in [1.82, 2.24) is 9.97 Å². The van der Waals surface area contributed by atoms with Gasteiger partial charge in [-0.3, -0.25) is 10.1 Å². The topological polar surface area (TPSA) is 116 Å². The highest BCUT2D eigenvalue weighted by molar-refractivity contribution is 5.90. The molecule has 0 aliphatic heterocycles. The van der Waals surface area contributed by atoms with Crippen LogP contribution in [0.5, 0.6) is 11.6 Å². The summed E-state index contributed by atoms with van der Waals surface area (Å²) in [7, 11) is 0. The number of esters is 1. The Morgan fingerprint density at radius 3 is 2.27 bits per heavy atom. The summed E-state index contributed by atoms with van der Waals surface area (Å²) in [5.74, 6) is 0.380. The van der Waals surface area contributed by atoms with Crippen LogP contribution >= 0.6 is 0 Å². The lowest BCUT2D eigenvalue weighted by atomic mass is 10.0. The maximum absolute atomic E-state index is 12.1. The molecule has 0 radical (unpaired) electrons. The maximum atomic E-state index is 12.1. The number of carbonyl (C=O) groups is 1. The lowest BCUT2D eigenvalue weighted by Gasteiger charge is -2.11. The van der Waals surface area contributed by atoms with Crippen molar-refractivity contribution in [2.75, 3.05) is 11.9 Å². The quantitative estimate of drug-likeness (QED) is 0.245. The number of carbonyl (C=O) groups excluding carboxylic acids is 1. The Morgan fingerprint density at radius 1 is 1.03 bits per heavy atom. The third-order valence-corrected chi connectivity index (χ3v) is 4.66. The zero-order chi connectivity index (χ0) is 24.0. The molecule has 1 N–H and O–H groups in total. The van der Waals surface area contributed by atoms with E-state index in [1.807, 2.05) is 26.0 Å². The Bertz CT molecular complexity index is 1110. The number of rotatable bonds is 9. The van der Waals surface area contributed by atoms with Crippen LogP contribution in [0, 0.1) is 16.0 Å². The van der Waals surface area contributed by atoms with Crippen LogP contribution in [0.15, 0.2) is 54.9 Å². The molecule has 2 aromatic carbocycles. The molecule has 33 heavy (non-hydrogen) atoms. The van der Waals surface area contributed by atoms with E-state index < -0.39 is 16.6 Å². The van der Waals surface area contributed by atoms with Crippen molar-refractivity contribution in [3.05, 3.63) is 76.1 Å². The molecule has 0 amide bonds. The highest BCUT2D eigenvalue weighted by Gasteiger charge is 2.25. The number of hydrogen-bond acceptors (Lipinski definition) is 8. The van der Waals surface area contributed by atoms with Gasteiger partial charge in [0.2, 0.25) is 5.82 Å². The molecule has 9 heteroatoms. The summed E-state index contributed by atoms with van der Waals surface area (Å²) in [6, 6.07) is 13.7. The molecule has 1 aromatic heterocycles. The molecule has 172 valence electrons. The fourth-order valence-corrected chi connectivity index (χ4v) is 2.88. The first-order valence-corrected chi connectivity index (χ1v) is 10.6. The van der Waals surface area contributed by atoms with Gasteiger partial charge in [0.05, 0.1) is 17.1 Å². The predicted molar refractivity (Wildman–Crippen MR) is 124 cm³/mol. The monoisotopic (exact) mass is 450 g/mol. The Morgan fingerprint density at radius 2 is 1.70 bits per heavy atom. The van der Waals surface area contributed by atoms with Gasteiger partial charge in [-0.15, -0.1) is 0 Å². The first-order chi connectivity index (χ1) is 15.7. The molecule has 0 unspecified atom stereocenters. The van der Waals surface area contributed by atoms with Crippen molar-refractivity contribution in [3.63, 3.8) is 0 Å². The van der Waals surface area contributed by atoms with E-state index in [-0.39, 0.29) is 17.6 Å². The Balaban J connectivity index is 1.79. The molecule has 0 fully saturated rings. The van der Waals surface area contributed by atoms with Crippen molar-refractivity contribution in [2.45, 2.75) is 33.6 Å². The Kier molecular flexibility index (Phi) is 7.55. The number of nitrogens with zero attached hydrogens (tertiary/aromatic N) is 3.